The summed E-state index contributed by atoms with van der Waals surface area (Å²) >= 11 is 0. The molecule has 0 bridgehead atoms. The molecular formula is C27H22FN3O4. The predicted molar refractivity (Wildman–Crippen MR) is 130 cm³/mol. The number of anilines is 1. The van der Waals surface area contributed by atoms with Crippen LogP contribution in [0.3, 0.4) is 0 Å². The number of aromatic amines is 1. The molecule has 2 heterocycles. The van der Waals surface area contributed by atoms with E-state index in [9.17, 15) is 14.7 Å². The van der Waals surface area contributed by atoms with E-state index in [1.807, 2.05) is 19.9 Å². The van der Waals surface area contributed by atoms with Crippen LogP contribution < -0.4 is 9.64 Å². The van der Waals surface area contributed by atoms with Crippen LogP contribution in [0.25, 0.3) is 16.8 Å². The lowest BCUT2D eigenvalue weighted by atomic mass is 9.93. The monoisotopic (exact) mass is 471 g/mol. The van der Waals surface area contributed by atoms with Crippen molar-refractivity contribution in [2.75, 3.05) is 12.0 Å². The van der Waals surface area contributed by atoms with Gasteiger partial charge < -0.3 is 14.8 Å². The molecule has 1 aromatic heterocycles. The molecule has 7 nitrogen and oxygen atoms in total. The van der Waals surface area contributed by atoms with Crippen LogP contribution in [0.4, 0.5) is 10.3 Å². The van der Waals surface area contributed by atoms with Crippen molar-refractivity contribution in [1.82, 2.24) is 9.97 Å². The highest BCUT2D eigenvalue weighted by atomic mass is 19.1. The van der Waals surface area contributed by atoms with Crippen molar-refractivity contribution in [3.05, 3.63) is 94.3 Å². The normalized spacial score (nSPS) is 17.4. The Bertz CT molecular complexity index is 1510. The number of aryl methyl sites for hydroxylation is 2. The van der Waals surface area contributed by atoms with Crippen molar-refractivity contribution >= 4 is 34.4 Å². The van der Waals surface area contributed by atoms with Gasteiger partial charge in [-0.25, -0.2) is 9.37 Å². The van der Waals surface area contributed by atoms with E-state index in [-0.39, 0.29) is 22.6 Å². The number of imidazole rings is 1. The van der Waals surface area contributed by atoms with Gasteiger partial charge in [-0.15, -0.1) is 0 Å². The summed E-state index contributed by atoms with van der Waals surface area (Å²) in [6.45, 7) is 3.65. The van der Waals surface area contributed by atoms with Gasteiger partial charge in [0.15, 0.2) is 0 Å². The molecule has 0 aliphatic carbocycles. The van der Waals surface area contributed by atoms with Gasteiger partial charge in [0.25, 0.3) is 5.78 Å². The van der Waals surface area contributed by atoms with Crippen LogP contribution in [-0.4, -0.2) is 33.9 Å². The number of nitrogens with one attached hydrogen (secondary N) is 1. The second-order valence-electron chi connectivity index (χ2n) is 8.43. The number of aromatic nitrogens is 2. The first-order valence-electron chi connectivity index (χ1n) is 11.0. The fourth-order valence-corrected chi connectivity index (χ4v) is 4.64. The molecule has 1 amide bonds. The van der Waals surface area contributed by atoms with E-state index in [1.54, 1.807) is 36.4 Å². The molecule has 0 radical (unpaired) electrons. The molecule has 0 saturated carbocycles. The molecular weight excluding hydrogens is 449 g/mol. The zero-order valence-electron chi connectivity index (χ0n) is 19.3. The number of hydrogen-bond donors (Lipinski definition) is 2. The average molecular weight is 471 g/mol. The minimum Gasteiger partial charge on any atom is -0.507 e. The Morgan fingerprint density at radius 1 is 1.09 bits per heavy atom. The topological polar surface area (TPSA) is 95.5 Å². The van der Waals surface area contributed by atoms with Crippen LogP contribution in [0.5, 0.6) is 5.75 Å². The number of aliphatic hydroxyl groups excluding tert-OH is 1. The Morgan fingerprint density at radius 3 is 2.51 bits per heavy atom. The zero-order valence-corrected chi connectivity index (χ0v) is 19.3. The summed E-state index contributed by atoms with van der Waals surface area (Å²) in [5, 5.41) is 11.4. The molecule has 1 atom stereocenters. The van der Waals surface area contributed by atoms with Crippen LogP contribution in [0.2, 0.25) is 0 Å². The Kier molecular flexibility index (Phi) is 5.36. The molecule has 176 valence electrons. The number of nitrogens with zero attached hydrogens (tertiary/aromatic N) is 2. The number of ether oxygens (including phenoxy) is 1. The standard InChI is InChI=1S/C27H22FN3O4/c1-14-12-15(2)25(35-3)17(13-14)23(32)21-22(16-8-4-5-9-18(16)28)31(26(34)24(21)33)27-29-19-10-6-7-11-20(19)30-27/h4-13,22,32H,1-3H3,(H,29,30)/b23-21+. The van der Waals surface area contributed by atoms with E-state index >= 15 is 4.39 Å². The number of ketones is 1. The maximum Gasteiger partial charge on any atom is 0.302 e. The number of para-hydroxylation sites is 2. The third-order valence-corrected chi connectivity index (χ3v) is 6.13. The fourth-order valence-electron chi connectivity index (χ4n) is 4.64. The average Bonchev–Trinajstić information content (AvgIpc) is 3.37. The quantitative estimate of drug-likeness (QED) is 0.249. The van der Waals surface area contributed by atoms with Crippen LogP contribution >= 0.6 is 0 Å². The molecule has 0 spiro atoms. The molecule has 1 unspecified atom stereocenters. The third kappa shape index (κ3) is 3.54. The minimum absolute atomic E-state index is 0.0528. The van der Waals surface area contributed by atoms with E-state index in [0.29, 0.717) is 16.8 Å². The lowest BCUT2D eigenvalue weighted by Crippen LogP contribution is -2.30. The SMILES string of the molecule is COc1c(C)cc(C)cc1/C(O)=C1\C(=O)C(=O)N(c2nc3ccccc3[nH]2)C1c1ccccc1F. The number of amides is 1. The van der Waals surface area contributed by atoms with Gasteiger partial charge in [-0.05, 0) is 49.2 Å². The summed E-state index contributed by atoms with van der Waals surface area (Å²) in [7, 11) is 1.45. The number of halogens is 1. The van der Waals surface area contributed by atoms with Gasteiger partial charge in [-0.3, -0.25) is 14.5 Å². The number of carbonyl (C=O) groups excluding carboxylic acids is 2. The van der Waals surface area contributed by atoms with E-state index in [4.69, 9.17) is 4.74 Å². The summed E-state index contributed by atoms with van der Waals surface area (Å²) < 4.78 is 20.6. The number of aliphatic hydroxyl groups is 1. The largest absolute Gasteiger partial charge is 0.507 e. The number of carbonyl (C=O) groups is 2. The third-order valence-electron chi connectivity index (χ3n) is 6.13. The smallest absolute Gasteiger partial charge is 0.302 e. The minimum atomic E-state index is -1.25. The first kappa shape index (κ1) is 22.3. The molecule has 5 rings (SSSR count). The Morgan fingerprint density at radius 2 is 1.80 bits per heavy atom. The first-order valence-corrected chi connectivity index (χ1v) is 11.0. The molecule has 2 N–H and O–H groups in total. The summed E-state index contributed by atoms with van der Waals surface area (Å²) in [6.07, 6.45) is 0. The van der Waals surface area contributed by atoms with Gasteiger partial charge in [0.2, 0.25) is 5.95 Å². The van der Waals surface area contributed by atoms with Gasteiger partial charge in [0.1, 0.15) is 23.4 Å². The van der Waals surface area contributed by atoms with Crippen molar-refractivity contribution in [2.45, 2.75) is 19.9 Å². The predicted octanol–water partition coefficient (Wildman–Crippen LogP) is 4.95. The molecule has 1 saturated heterocycles. The molecule has 1 aliphatic rings. The summed E-state index contributed by atoms with van der Waals surface area (Å²) in [6, 6.07) is 15.3. The Labute approximate surface area is 200 Å². The number of H-pyrrole nitrogens is 1. The Balaban J connectivity index is 1.80. The van der Waals surface area contributed by atoms with Crippen LogP contribution in [-0.2, 0) is 9.59 Å². The number of hydrogen-bond acceptors (Lipinski definition) is 5. The highest BCUT2D eigenvalue weighted by Gasteiger charge is 2.49. The molecule has 35 heavy (non-hydrogen) atoms. The second kappa shape index (κ2) is 8.39. The molecule has 1 fully saturated rings. The maximum atomic E-state index is 15.1. The van der Waals surface area contributed by atoms with Crippen molar-refractivity contribution in [3.8, 4) is 5.75 Å². The van der Waals surface area contributed by atoms with Gasteiger partial charge in [-0.1, -0.05) is 36.4 Å². The van der Waals surface area contributed by atoms with Gasteiger partial charge >= 0.3 is 5.91 Å². The molecule has 8 heteroatoms. The second-order valence-corrected chi connectivity index (χ2v) is 8.43. The van der Waals surface area contributed by atoms with Gasteiger partial charge in [0.05, 0.1) is 29.3 Å². The number of Topliss-reactive ketones (excluding diaryl/α,β-unsaturated/α-hetero) is 1. The molecule has 1 aliphatic heterocycles. The Hall–Kier alpha value is -4.46. The molecule has 3 aromatic carbocycles. The fraction of sp³-hybridized carbons (Fsp3) is 0.148. The van der Waals surface area contributed by atoms with E-state index < -0.39 is 29.3 Å². The maximum absolute atomic E-state index is 15.1. The lowest BCUT2D eigenvalue weighted by Gasteiger charge is -2.23. The van der Waals surface area contributed by atoms with Crippen molar-refractivity contribution < 1.29 is 23.8 Å². The first-order chi connectivity index (χ1) is 16.8. The summed E-state index contributed by atoms with van der Waals surface area (Å²) in [5.41, 5.74) is 2.83. The number of benzene rings is 3. The summed E-state index contributed by atoms with van der Waals surface area (Å²) in [4.78, 5) is 35.3. The highest BCUT2D eigenvalue weighted by molar-refractivity contribution is 6.51. The van der Waals surface area contributed by atoms with Crippen molar-refractivity contribution in [3.63, 3.8) is 0 Å². The van der Waals surface area contributed by atoms with Crippen LogP contribution in [0.1, 0.15) is 28.3 Å². The highest BCUT2D eigenvalue weighted by Crippen LogP contribution is 2.44. The van der Waals surface area contributed by atoms with Gasteiger partial charge in [0, 0.05) is 5.56 Å². The van der Waals surface area contributed by atoms with E-state index in [1.165, 1.54) is 25.3 Å². The molecule has 4 aromatic rings. The van der Waals surface area contributed by atoms with Crippen LogP contribution in [0, 0.1) is 19.7 Å². The van der Waals surface area contributed by atoms with Crippen LogP contribution in [0.15, 0.2) is 66.2 Å². The number of methoxy groups -OCH3 is 1. The van der Waals surface area contributed by atoms with E-state index in [2.05, 4.69) is 9.97 Å². The van der Waals surface area contributed by atoms with Gasteiger partial charge in [-0.2, -0.15) is 0 Å². The zero-order chi connectivity index (χ0) is 24.9. The summed E-state index contributed by atoms with van der Waals surface area (Å²) in [5.74, 6) is -2.51. The number of rotatable bonds is 4. The van der Waals surface area contributed by atoms with E-state index in [0.717, 1.165) is 16.0 Å². The number of fused-ring (bicyclic) bond motifs is 1. The van der Waals surface area contributed by atoms with Crippen molar-refractivity contribution in [1.29, 1.82) is 0 Å². The van der Waals surface area contributed by atoms with Crippen molar-refractivity contribution in [2.24, 2.45) is 0 Å². The lowest BCUT2D eigenvalue weighted by molar-refractivity contribution is -0.132.